The summed E-state index contributed by atoms with van der Waals surface area (Å²) in [6.45, 7) is 1.89. The SMILES string of the molecule is Nc1ccccc1NC(=O)c1ccc(N2CCC(Nc3cccnc3)C2)cc1. The van der Waals surface area contributed by atoms with Crippen molar-refractivity contribution in [3.05, 3.63) is 78.6 Å². The van der Waals surface area contributed by atoms with Gasteiger partial charge in [-0.1, -0.05) is 12.1 Å². The summed E-state index contributed by atoms with van der Waals surface area (Å²) >= 11 is 0. The highest BCUT2D eigenvalue weighted by atomic mass is 16.1. The highest BCUT2D eigenvalue weighted by Gasteiger charge is 2.22. The molecule has 0 saturated carbocycles. The fourth-order valence-corrected chi connectivity index (χ4v) is 3.43. The number of nitrogens with two attached hydrogens (primary N) is 1. The van der Waals surface area contributed by atoms with Gasteiger partial charge in [0.25, 0.3) is 5.91 Å². The van der Waals surface area contributed by atoms with E-state index in [1.165, 1.54) is 0 Å². The largest absolute Gasteiger partial charge is 0.397 e. The summed E-state index contributed by atoms with van der Waals surface area (Å²) in [7, 11) is 0. The zero-order chi connectivity index (χ0) is 19.3. The second-order valence-electron chi connectivity index (χ2n) is 6.91. The molecule has 4 rings (SSSR count). The average molecular weight is 373 g/mol. The third-order valence-corrected chi connectivity index (χ3v) is 4.92. The van der Waals surface area contributed by atoms with Gasteiger partial charge in [-0.3, -0.25) is 9.78 Å². The van der Waals surface area contributed by atoms with Gasteiger partial charge in [0.15, 0.2) is 0 Å². The third-order valence-electron chi connectivity index (χ3n) is 4.92. The van der Waals surface area contributed by atoms with Crippen LogP contribution in [0.4, 0.5) is 22.7 Å². The van der Waals surface area contributed by atoms with Crippen LogP contribution in [0.2, 0.25) is 0 Å². The molecule has 1 aliphatic heterocycles. The van der Waals surface area contributed by atoms with Crippen LogP contribution in [-0.2, 0) is 0 Å². The fourth-order valence-electron chi connectivity index (χ4n) is 3.43. The molecular weight excluding hydrogens is 350 g/mol. The molecule has 2 aromatic carbocycles. The monoisotopic (exact) mass is 373 g/mol. The minimum absolute atomic E-state index is 0.165. The molecule has 1 atom stereocenters. The highest BCUT2D eigenvalue weighted by Crippen LogP contribution is 2.23. The van der Waals surface area contributed by atoms with Gasteiger partial charge >= 0.3 is 0 Å². The molecule has 0 radical (unpaired) electrons. The number of nitrogens with one attached hydrogen (secondary N) is 2. The Kier molecular flexibility index (Phi) is 5.10. The highest BCUT2D eigenvalue weighted by molar-refractivity contribution is 6.05. The van der Waals surface area contributed by atoms with Crippen LogP contribution in [0.3, 0.4) is 0 Å². The number of amides is 1. The molecule has 1 aliphatic rings. The lowest BCUT2D eigenvalue weighted by Crippen LogP contribution is -2.26. The number of anilines is 4. The molecule has 0 spiro atoms. The third kappa shape index (κ3) is 4.06. The number of nitrogen functional groups attached to an aromatic ring is 1. The van der Waals surface area contributed by atoms with Gasteiger partial charge in [0.05, 0.1) is 17.1 Å². The van der Waals surface area contributed by atoms with Gasteiger partial charge in [-0.05, 0) is 55.0 Å². The van der Waals surface area contributed by atoms with Crippen LogP contribution in [0.5, 0.6) is 0 Å². The van der Waals surface area contributed by atoms with E-state index < -0.39 is 0 Å². The van der Waals surface area contributed by atoms with Crippen LogP contribution < -0.4 is 21.3 Å². The van der Waals surface area contributed by atoms with E-state index in [0.29, 0.717) is 23.0 Å². The topological polar surface area (TPSA) is 83.3 Å². The molecule has 2 heterocycles. The maximum atomic E-state index is 12.5. The number of hydrogen-bond donors (Lipinski definition) is 3. The zero-order valence-corrected chi connectivity index (χ0v) is 15.5. The Bertz CT molecular complexity index is 943. The molecule has 1 aromatic heterocycles. The lowest BCUT2D eigenvalue weighted by molar-refractivity contribution is 0.102. The van der Waals surface area contributed by atoms with Crippen molar-refractivity contribution in [1.29, 1.82) is 0 Å². The van der Waals surface area contributed by atoms with Crippen molar-refractivity contribution in [2.45, 2.75) is 12.5 Å². The number of nitrogens with zero attached hydrogens (tertiary/aromatic N) is 2. The summed E-state index contributed by atoms with van der Waals surface area (Å²) < 4.78 is 0. The Labute approximate surface area is 164 Å². The minimum atomic E-state index is -0.165. The first-order chi connectivity index (χ1) is 13.7. The van der Waals surface area contributed by atoms with Crippen molar-refractivity contribution < 1.29 is 4.79 Å². The second kappa shape index (κ2) is 8.00. The number of carbonyl (C=O) groups excluding carboxylic acids is 1. The first-order valence-electron chi connectivity index (χ1n) is 9.36. The minimum Gasteiger partial charge on any atom is -0.397 e. The van der Waals surface area contributed by atoms with Crippen molar-refractivity contribution in [3.63, 3.8) is 0 Å². The van der Waals surface area contributed by atoms with Crippen molar-refractivity contribution >= 4 is 28.7 Å². The molecule has 142 valence electrons. The molecule has 1 fully saturated rings. The lowest BCUT2D eigenvalue weighted by atomic mass is 10.1. The standard InChI is InChI=1S/C22H23N5O/c23-20-5-1-2-6-21(20)26-22(28)16-7-9-19(10-8-16)27-13-11-18(15-27)25-17-4-3-12-24-14-17/h1-10,12,14,18,25H,11,13,15,23H2,(H,26,28). The van der Waals surface area contributed by atoms with Gasteiger partial charge in [-0.25, -0.2) is 0 Å². The molecule has 6 heteroatoms. The number of pyridine rings is 1. The number of carbonyl (C=O) groups is 1. The number of rotatable bonds is 5. The van der Waals surface area contributed by atoms with E-state index in [1.807, 2.05) is 54.7 Å². The van der Waals surface area contributed by atoms with E-state index >= 15 is 0 Å². The Morgan fingerprint density at radius 3 is 2.64 bits per heavy atom. The maximum Gasteiger partial charge on any atom is 0.255 e. The van der Waals surface area contributed by atoms with E-state index in [4.69, 9.17) is 5.73 Å². The van der Waals surface area contributed by atoms with Gasteiger partial charge in [-0.15, -0.1) is 0 Å². The fraction of sp³-hybridized carbons (Fsp3) is 0.182. The molecular formula is C22H23N5O. The van der Waals surface area contributed by atoms with Crippen LogP contribution in [0.1, 0.15) is 16.8 Å². The molecule has 1 amide bonds. The molecule has 1 saturated heterocycles. The van der Waals surface area contributed by atoms with Crippen LogP contribution in [0.15, 0.2) is 73.1 Å². The number of hydrogen-bond acceptors (Lipinski definition) is 5. The lowest BCUT2D eigenvalue weighted by Gasteiger charge is -2.20. The van der Waals surface area contributed by atoms with Gasteiger partial charge in [0.1, 0.15) is 0 Å². The second-order valence-corrected chi connectivity index (χ2v) is 6.91. The summed E-state index contributed by atoms with van der Waals surface area (Å²) in [6, 6.07) is 19.3. The number of para-hydroxylation sites is 2. The first kappa shape index (κ1) is 17.9. The molecule has 4 N–H and O–H groups in total. The van der Waals surface area contributed by atoms with Gasteiger partial charge in [0.2, 0.25) is 0 Å². The van der Waals surface area contributed by atoms with E-state index in [1.54, 1.807) is 18.3 Å². The summed E-state index contributed by atoms with van der Waals surface area (Å²) in [4.78, 5) is 18.9. The van der Waals surface area contributed by atoms with Crippen LogP contribution in [0.25, 0.3) is 0 Å². The van der Waals surface area contributed by atoms with Crippen LogP contribution in [0, 0.1) is 0 Å². The zero-order valence-electron chi connectivity index (χ0n) is 15.5. The van der Waals surface area contributed by atoms with Gasteiger partial charge < -0.3 is 21.3 Å². The van der Waals surface area contributed by atoms with Crippen molar-refractivity contribution in [2.24, 2.45) is 0 Å². The average Bonchev–Trinajstić information content (AvgIpc) is 3.19. The van der Waals surface area contributed by atoms with E-state index in [9.17, 15) is 4.79 Å². The Morgan fingerprint density at radius 1 is 1.07 bits per heavy atom. The van der Waals surface area contributed by atoms with Crippen molar-refractivity contribution in [1.82, 2.24) is 4.98 Å². The molecule has 28 heavy (non-hydrogen) atoms. The molecule has 0 bridgehead atoms. The Balaban J connectivity index is 1.37. The summed E-state index contributed by atoms with van der Waals surface area (Å²) in [5, 5.41) is 6.38. The van der Waals surface area contributed by atoms with Crippen molar-refractivity contribution in [2.75, 3.05) is 34.4 Å². The quantitative estimate of drug-likeness (QED) is 0.595. The first-order valence-corrected chi connectivity index (χ1v) is 9.36. The molecule has 1 unspecified atom stereocenters. The Hall–Kier alpha value is -3.54. The van der Waals surface area contributed by atoms with Crippen molar-refractivity contribution in [3.8, 4) is 0 Å². The van der Waals surface area contributed by atoms with Crippen LogP contribution >= 0.6 is 0 Å². The maximum absolute atomic E-state index is 12.5. The number of benzene rings is 2. The Morgan fingerprint density at radius 2 is 1.89 bits per heavy atom. The summed E-state index contributed by atoms with van der Waals surface area (Å²) in [6.07, 6.45) is 4.68. The van der Waals surface area contributed by atoms with Gasteiger partial charge in [0, 0.05) is 42.8 Å². The molecule has 6 nitrogen and oxygen atoms in total. The van der Waals surface area contributed by atoms with E-state index in [-0.39, 0.29) is 5.91 Å². The van der Waals surface area contributed by atoms with E-state index in [2.05, 4.69) is 20.5 Å². The van der Waals surface area contributed by atoms with E-state index in [0.717, 1.165) is 30.9 Å². The smallest absolute Gasteiger partial charge is 0.255 e. The predicted molar refractivity (Wildman–Crippen MR) is 114 cm³/mol. The summed E-state index contributed by atoms with van der Waals surface area (Å²) in [5.41, 5.74) is 9.84. The number of aromatic nitrogens is 1. The predicted octanol–water partition coefficient (Wildman–Crippen LogP) is 3.61. The summed E-state index contributed by atoms with van der Waals surface area (Å²) in [5.74, 6) is -0.165. The van der Waals surface area contributed by atoms with Crippen LogP contribution in [-0.4, -0.2) is 30.0 Å². The van der Waals surface area contributed by atoms with Gasteiger partial charge in [-0.2, -0.15) is 0 Å². The molecule has 3 aromatic rings. The molecule has 0 aliphatic carbocycles. The normalized spacial score (nSPS) is 16.0.